The van der Waals surface area contributed by atoms with Crippen LogP contribution in [-0.2, 0) is 9.84 Å². The van der Waals surface area contributed by atoms with Gasteiger partial charge in [0.05, 0.1) is 10.7 Å². The monoisotopic (exact) mass is 249 g/mol. The minimum atomic E-state index is -2.99. The smallest absolute Gasteiger partial charge is 0.148 e. The number of thiocarbonyl (C=S) groups is 1. The molecule has 0 spiro atoms. The molecule has 0 radical (unpaired) electrons. The van der Waals surface area contributed by atoms with Gasteiger partial charge in [-0.25, -0.2) is 8.42 Å². The zero-order valence-electron chi connectivity index (χ0n) is 9.11. The Hall–Kier alpha value is -0.160. The number of hydrogen-bond donors (Lipinski definition) is 1. The number of rotatable bonds is 4. The van der Waals surface area contributed by atoms with E-state index in [0.29, 0.717) is 10.9 Å². The van der Waals surface area contributed by atoms with Crippen molar-refractivity contribution in [2.45, 2.75) is 32.1 Å². The molecule has 0 aromatic carbocycles. The molecule has 1 aliphatic carbocycles. The Balaban J connectivity index is 2.68. The Bertz CT molecular complexity index is 318. The van der Waals surface area contributed by atoms with Gasteiger partial charge in [-0.3, -0.25) is 0 Å². The quantitative estimate of drug-likeness (QED) is 0.767. The second kappa shape index (κ2) is 5.25. The molecule has 0 amide bonds. The summed E-state index contributed by atoms with van der Waals surface area (Å²) in [5.74, 6) is 0.383. The highest BCUT2D eigenvalue weighted by Crippen LogP contribution is 2.30. The van der Waals surface area contributed by atoms with Crippen LogP contribution in [0.15, 0.2) is 0 Å². The Morgan fingerprint density at radius 1 is 1.40 bits per heavy atom. The Morgan fingerprint density at radius 2 is 1.93 bits per heavy atom. The zero-order chi connectivity index (χ0) is 11.5. The van der Waals surface area contributed by atoms with Crippen LogP contribution in [0.5, 0.6) is 0 Å². The van der Waals surface area contributed by atoms with E-state index in [1.54, 1.807) is 0 Å². The Labute approximate surface area is 97.3 Å². The average Bonchev–Trinajstić information content (AvgIpc) is 2.14. The van der Waals surface area contributed by atoms with Crippen molar-refractivity contribution in [2.24, 2.45) is 17.6 Å². The molecule has 0 saturated heterocycles. The summed E-state index contributed by atoms with van der Waals surface area (Å²) in [6, 6.07) is 0. The van der Waals surface area contributed by atoms with E-state index >= 15 is 0 Å². The summed E-state index contributed by atoms with van der Waals surface area (Å²) in [6.45, 7) is 0. The third kappa shape index (κ3) is 4.47. The van der Waals surface area contributed by atoms with Gasteiger partial charge in [0.15, 0.2) is 0 Å². The van der Waals surface area contributed by atoms with Crippen molar-refractivity contribution in [3.05, 3.63) is 0 Å². The van der Waals surface area contributed by atoms with Crippen LogP contribution in [0.25, 0.3) is 0 Å². The third-order valence-electron chi connectivity index (χ3n) is 3.07. The molecule has 5 heteroatoms. The summed E-state index contributed by atoms with van der Waals surface area (Å²) < 4.78 is 22.5. The Kier molecular flexibility index (Phi) is 4.52. The molecule has 0 bridgehead atoms. The lowest BCUT2D eigenvalue weighted by Crippen LogP contribution is -2.35. The van der Waals surface area contributed by atoms with Gasteiger partial charge in [-0.1, -0.05) is 31.5 Å². The van der Waals surface area contributed by atoms with E-state index in [-0.39, 0.29) is 11.7 Å². The molecule has 0 heterocycles. The van der Waals surface area contributed by atoms with Gasteiger partial charge in [0, 0.05) is 12.2 Å². The van der Waals surface area contributed by atoms with E-state index in [1.807, 2.05) is 0 Å². The van der Waals surface area contributed by atoms with Gasteiger partial charge < -0.3 is 5.73 Å². The second-order valence-electron chi connectivity index (χ2n) is 4.50. The van der Waals surface area contributed by atoms with Crippen molar-refractivity contribution in [1.82, 2.24) is 0 Å². The van der Waals surface area contributed by atoms with Gasteiger partial charge in [0.2, 0.25) is 0 Å². The van der Waals surface area contributed by atoms with E-state index in [4.69, 9.17) is 18.0 Å². The molecule has 88 valence electrons. The molecule has 3 nitrogen and oxygen atoms in total. The summed E-state index contributed by atoms with van der Waals surface area (Å²) in [4.78, 5) is 0.368. The van der Waals surface area contributed by atoms with Crippen molar-refractivity contribution in [1.29, 1.82) is 0 Å². The van der Waals surface area contributed by atoms with Gasteiger partial charge >= 0.3 is 0 Å². The van der Waals surface area contributed by atoms with Gasteiger partial charge in [-0.2, -0.15) is 0 Å². The van der Waals surface area contributed by atoms with Crippen molar-refractivity contribution in [3.63, 3.8) is 0 Å². The molecule has 1 aliphatic rings. The lowest BCUT2D eigenvalue weighted by Gasteiger charge is -2.28. The molecule has 0 aliphatic heterocycles. The number of nitrogens with two attached hydrogens (primary N) is 1. The number of sulfone groups is 1. The first-order valence-corrected chi connectivity index (χ1v) is 7.84. The first kappa shape index (κ1) is 12.9. The highest BCUT2D eigenvalue weighted by molar-refractivity contribution is 7.90. The normalized spacial score (nSPS) is 21.1. The highest BCUT2D eigenvalue weighted by atomic mass is 32.2. The van der Waals surface area contributed by atoms with Crippen molar-refractivity contribution in [3.8, 4) is 0 Å². The number of hydrogen-bond acceptors (Lipinski definition) is 3. The standard InChI is InChI=1S/C10H19NO2S2/c1-15(12,13)7-9(10(11)14)8-5-3-2-4-6-8/h8-9H,2-7H2,1H3,(H2,11,14)/t9-/m0/s1. The second-order valence-corrected chi connectivity index (χ2v) is 7.16. The molecule has 0 aromatic rings. The van der Waals surface area contributed by atoms with Crippen LogP contribution in [0, 0.1) is 11.8 Å². The van der Waals surface area contributed by atoms with Crippen LogP contribution in [0.4, 0.5) is 0 Å². The van der Waals surface area contributed by atoms with E-state index in [1.165, 1.54) is 25.5 Å². The molecule has 1 saturated carbocycles. The SMILES string of the molecule is CS(=O)(=O)C[C@H](C(N)=S)C1CCCCC1. The molecule has 1 fully saturated rings. The minimum absolute atomic E-state index is 0.115. The maximum absolute atomic E-state index is 11.3. The molecule has 2 N–H and O–H groups in total. The first-order valence-electron chi connectivity index (χ1n) is 5.37. The summed E-state index contributed by atoms with van der Waals surface area (Å²) in [6.07, 6.45) is 6.98. The fourth-order valence-corrected chi connectivity index (χ4v) is 3.80. The van der Waals surface area contributed by atoms with Crippen molar-refractivity contribution < 1.29 is 8.42 Å². The van der Waals surface area contributed by atoms with E-state index < -0.39 is 9.84 Å². The van der Waals surface area contributed by atoms with Gasteiger partial charge in [0.25, 0.3) is 0 Å². The van der Waals surface area contributed by atoms with Crippen LogP contribution < -0.4 is 5.73 Å². The predicted octanol–water partition coefficient (Wildman–Crippen LogP) is 1.51. The summed E-state index contributed by atoms with van der Waals surface area (Å²) in [7, 11) is -2.99. The van der Waals surface area contributed by atoms with E-state index in [9.17, 15) is 8.42 Å². The topological polar surface area (TPSA) is 60.2 Å². The lowest BCUT2D eigenvalue weighted by atomic mass is 9.81. The first-order chi connectivity index (χ1) is 6.90. The molecule has 15 heavy (non-hydrogen) atoms. The predicted molar refractivity (Wildman–Crippen MR) is 66.6 cm³/mol. The molecule has 0 unspecified atom stereocenters. The summed E-state index contributed by atoms with van der Waals surface area (Å²) in [5, 5.41) is 0. The van der Waals surface area contributed by atoms with Gasteiger partial charge in [-0.15, -0.1) is 0 Å². The van der Waals surface area contributed by atoms with Crippen LogP contribution >= 0.6 is 12.2 Å². The summed E-state index contributed by atoms with van der Waals surface area (Å²) in [5.41, 5.74) is 5.64. The largest absolute Gasteiger partial charge is 0.393 e. The maximum atomic E-state index is 11.3. The van der Waals surface area contributed by atoms with Crippen LogP contribution in [0.2, 0.25) is 0 Å². The zero-order valence-corrected chi connectivity index (χ0v) is 10.7. The molecule has 0 aromatic heterocycles. The highest BCUT2D eigenvalue weighted by Gasteiger charge is 2.28. The van der Waals surface area contributed by atoms with E-state index in [2.05, 4.69) is 0 Å². The fourth-order valence-electron chi connectivity index (χ4n) is 2.31. The molecule has 1 atom stereocenters. The average molecular weight is 249 g/mol. The molecule has 1 rings (SSSR count). The van der Waals surface area contributed by atoms with Gasteiger partial charge in [0.1, 0.15) is 9.84 Å². The molecular formula is C10H19NO2S2. The van der Waals surface area contributed by atoms with Gasteiger partial charge in [-0.05, 0) is 18.8 Å². The lowest BCUT2D eigenvalue weighted by molar-refractivity contribution is 0.313. The van der Waals surface area contributed by atoms with Crippen molar-refractivity contribution in [2.75, 3.05) is 12.0 Å². The maximum Gasteiger partial charge on any atom is 0.148 e. The Morgan fingerprint density at radius 3 is 2.33 bits per heavy atom. The van der Waals surface area contributed by atoms with Crippen LogP contribution in [0.1, 0.15) is 32.1 Å². The minimum Gasteiger partial charge on any atom is -0.393 e. The van der Waals surface area contributed by atoms with Crippen LogP contribution in [-0.4, -0.2) is 25.4 Å². The fraction of sp³-hybridized carbons (Fsp3) is 0.900. The van der Waals surface area contributed by atoms with Crippen LogP contribution in [0.3, 0.4) is 0 Å². The molecular weight excluding hydrogens is 230 g/mol. The third-order valence-corrected chi connectivity index (χ3v) is 4.33. The van der Waals surface area contributed by atoms with Crippen molar-refractivity contribution >= 4 is 27.0 Å². The van der Waals surface area contributed by atoms with E-state index in [0.717, 1.165) is 12.8 Å². The summed E-state index contributed by atoms with van der Waals surface area (Å²) >= 11 is 4.98.